The molecule has 0 saturated carbocycles. The second-order valence-electron chi connectivity index (χ2n) is 3.50. The topological polar surface area (TPSA) is 56.0 Å². The zero-order valence-electron chi connectivity index (χ0n) is 8.97. The maximum atomic E-state index is 12.1. The van der Waals surface area contributed by atoms with Crippen molar-refractivity contribution >= 4 is 32.4 Å². The van der Waals surface area contributed by atoms with Crippen LogP contribution >= 0.6 is 15.9 Å². The molecule has 0 spiro atoms. The Kier molecular flexibility index (Phi) is 3.91. The molecule has 0 fully saturated rings. The number of aromatic nitrogens is 1. The SMILES string of the molecule is Nc1ccc(S(=O)Cc2ccccn2)c(Br)c1. The summed E-state index contributed by atoms with van der Waals surface area (Å²) in [5.41, 5.74) is 7.10. The number of anilines is 1. The number of hydrogen-bond acceptors (Lipinski definition) is 3. The van der Waals surface area contributed by atoms with Crippen molar-refractivity contribution in [2.24, 2.45) is 0 Å². The Balaban J connectivity index is 2.21. The average molecular weight is 311 g/mol. The van der Waals surface area contributed by atoms with Gasteiger partial charge in [-0.05, 0) is 46.3 Å². The van der Waals surface area contributed by atoms with Gasteiger partial charge in [-0.1, -0.05) is 6.07 Å². The Hall–Kier alpha value is -1.20. The molecule has 0 amide bonds. The zero-order chi connectivity index (χ0) is 12.3. The number of nitrogen functional groups attached to an aromatic ring is 1. The number of hydrogen-bond donors (Lipinski definition) is 1. The highest BCUT2D eigenvalue weighted by molar-refractivity contribution is 9.10. The van der Waals surface area contributed by atoms with Crippen molar-refractivity contribution in [3.05, 3.63) is 52.8 Å². The van der Waals surface area contributed by atoms with Gasteiger partial charge in [0.2, 0.25) is 0 Å². The lowest BCUT2D eigenvalue weighted by Gasteiger charge is -2.05. The lowest BCUT2D eigenvalue weighted by atomic mass is 10.3. The van der Waals surface area contributed by atoms with Gasteiger partial charge in [0, 0.05) is 16.4 Å². The predicted molar refractivity (Wildman–Crippen MR) is 72.9 cm³/mol. The predicted octanol–water partition coefficient (Wildman–Crippen LogP) is 2.73. The largest absolute Gasteiger partial charge is 0.399 e. The fourth-order valence-corrected chi connectivity index (χ4v) is 3.43. The maximum Gasteiger partial charge on any atom is 0.0706 e. The highest BCUT2D eigenvalue weighted by atomic mass is 79.9. The van der Waals surface area contributed by atoms with E-state index in [4.69, 9.17) is 5.73 Å². The van der Waals surface area contributed by atoms with Gasteiger partial charge in [0.1, 0.15) is 0 Å². The molecule has 1 unspecified atom stereocenters. The molecular formula is C12H11BrN2OS. The molecule has 1 heterocycles. The minimum Gasteiger partial charge on any atom is -0.399 e. The van der Waals surface area contributed by atoms with E-state index in [9.17, 15) is 4.21 Å². The van der Waals surface area contributed by atoms with Gasteiger partial charge in [-0.15, -0.1) is 0 Å². The van der Waals surface area contributed by atoms with Gasteiger partial charge in [0.05, 0.1) is 27.1 Å². The van der Waals surface area contributed by atoms with Crippen LogP contribution in [0.15, 0.2) is 52.0 Å². The summed E-state index contributed by atoms with van der Waals surface area (Å²) < 4.78 is 12.9. The molecule has 1 aromatic heterocycles. The third kappa shape index (κ3) is 3.14. The van der Waals surface area contributed by atoms with Crippen LogP contribution in [0.5, 0.6) is 0 Å². The van der Waals surface area contributed by atoms with Crippen molar-refractivity contribution < 1.29 is 4.21 Å². The lowest BCUT2D eigenvalue weighted by Crippen LogP contribution is -1.99. The van der Waals surface area contributed by atoms with E-state index < -0.39 is 10.8 Å². The van der Waals surface area contributed by atoms with Crippen LogP contribution in [0, 0.1) is 0 Å². The Bertz CT molecular complexity index is 545. The second-order valence-corrected chi connectivity index (χ2v) is 5.77. The van der Waals surface area contributed by atoms with Crippen LogP contribution in [-0.2, 0) is 16.6 Å². The van der Waals surface area contributed by atoms with Crippen LogP contribution < -0.4 is 5.73 Å². The van der Waals surface area contributed by atoms with Gasteiger partial charge in [-0.25, -0.2) is 0 Å². The molecule has 0 saturated heterocycles. The highest BCUT2D eigenvalue weighted by Gasteiger charge is 2.09. The van der Waals surface area contributed by atoms with Crippen molar-refractivity contribution in [2.45, 2.75) is 10.6 Å². The molecule has 88 valence electrons. The Labute approximate surface area is 111 Å². The summed E-state index contributed by atoms with van der Waals surface area (Å²) in [6.45, 7) is 0. The van der Waals surface area contributed by atoms with Gasteiger partial charge in [0.15, 0.2) is 0 Å². The summed E-state index contributed by atoms with van der Waals surface area (Å²) in [6, 6.07) is 10.9. The molecule has 0 aliphatic rings. The molecule has 0 aliphatic carbocycles. The fraction of sp³-hybridized carbons (Fsp3) is 0.0833. The van der Waals surface area contributed by atoms with E-state index >= 15 is 0 Å². The van der Waals surface area contributed by atoms with Crippen LogP contribution in [0.1, 0.15) is 5.69 Å². The van der Waals surface area contributed by atoms with Crippen molar-refractivity contribution in [1.82, 2.24) is 4.98 Å². The summed E-state index contributed by atoms with van der Waals surface area (Å²) in [6.07, 6.45) is 1.70. The first-order chi connectivity index (χ1) is 8.16. The van der Waals surface area contributed by atoms with Gasteiger partial charge >= 0.3 is 0 Å². The molecule has 0 radical (unpaired) electrons. The molecule has 1 aromatic carbocycles. The molecular weight excluding hydrogens is 300 g/mol. The van der Waals surface area contributed by atoms with E-state index in [-0.39, 0.29) is 0 Å². The molecule has 1 atom stereocenters. The van der Waals surface area contributed by atoms with Crippen LogP contribution in [0.25, 0.3) is 0 Å². The van der Waals surface area contributed by atoms with Gasteiger partial charge in [-0.3, -0.25) is 9.19 Å². The molecule has 17 heavy (non-hydrogen) atoms. The first-order valence-corrected chi connectivity index (χ1v) is 7.11. The number of rotatable bonds is 3. The highest BCUT2D eigenvalue weighted by Crippen LogP contribution is 2.24. The minimum absolute atomic E-state index is 0.406. The van der Waals surface area contributed by atoms with E-state index in [2.05, 4.69) is 20.9 Å². The molecule has 2 N–H and O–H groups in total. The standard InChI is InChI=1S/C12H11BrN2OS/c13-11-7-9(14)4-5-12(11)17(16)8-10-3-1-2-6-15-10/h1-7H,8,14H2. The Morgan fingerprint density at radius 1 is 1.29 bits per heavy atom. The third-order valence-corrected chi connectivity index (χ3v) is 4.53. The van der Waals surface area contributed by atoms with Gasteiger partial charge in [-0.2, -0.15) is 0 Å². The zero-order valence-corrected chi connectivity index (χ0v) is 11.4. The van der Waals surface area contributed by atoms with Crippen molar-refractivity contribution in [1.29, 1.82) is 0 Å². The lowest BCUT2D eigenvalue weighted by molar-refractivity contribution is 0.682. The molecule has 2 aromatic rings. The number of halogens is 1. The van der Waals surface area contributed by atoms with Gasteiger partial charge < -0.3 is 5.73 Å². The number of nitrogens with two attached hydrogens (primary N) is 1. The quantitative estimate of drug-likeness (QED) is 0.887. The Morgan fingerprint density at radius 2 is 2.12 bits per heavy atom. The first-order valence-electron chi connectivity index (χ1n) is 5.00. The summed E-state index contributed by atoms with van der Waals surface area (Å²) in [7, 11) is -1.12. The monoisotopic (exact) mass is 310 g/mol. The van der Waals surface area contributed by atoms with Gasteiger partial charge in [0.25, 0.3) is 0 Å². The molecule has 2 rings (SSSR count). The third-order valence-electron chi connectivity index (χ3n) is 2.21. The van der Waals surface area contributed by atoms with Crippen molar-refractivity contribution in [3.8, 4) is 0 Å². The van der Waals surface area contributed by atoms with Crippen LogP contribution in [0.2, 0.25) is 0 Å². The second kappa shape index (κ2) is 5.42. The average Bonchev–Trinajstić information content (AvgIpc) is 2.30. The normalized spacial score (nSPS) is 12.3. The van der Waals surface area contributed by atoms with Crippen LogP contribution in [-0.4, -0.2) is 9.19 Å². The smallest absolute Gasteiger partial charge is 0.0706 e. The summed E-state index contributed by atoms with van der Waals surface area (Å²) >= 11 is 3.37. The van der Waals surface area contributed by atoms with E-state index in [1.165, 1.54) is 0 Å². The number of pyridine rings is 1. The summed E-state index contributed by atoms with van der Waals surface area (Å²) in [4.78, 5) is 4.90. The van der Waals surface area contributed by atoms with E-state index in [0.29, 0.717) is 11.4 Å². The Morgan fingerprint density at radius 3 is 2.76 bits per heavy atom. The van der Waals surface area contributed by atoms with E-state index in [1.54, 1.807) is 24.4 Å². The number of benzene rings is 1. The van der Waals surface area contributed by atoms with Crippen LogP contribution in [0.4, 0.5) is 5.69 Å². The van der Waals surface area contributed by atoms with E-state index in [0.717, 1.165) is 15.1 Å². The molecule has 0 aliphatic heterocycles. The minimum atomic E-state index is -1.12. The fourth-order valence-electron chi connectivity index (χ4n) is 1.40. The van der Waals surface area contributed by atoms with Crippen LogP contribution in [0.3, 0.4) is 0 Å². The molecule has 0 bridgehead atoms. The maximum absolute atomic E-state index is 12.1. The van der Waals surface area contributed by atoms with Crippen molar-refractivity contribution in [3.63, 3.8) is 0 Å². The first kappa shape index (κ1) is 12.3. The molecule has 5 heteroatoms. The number of nitrogens with zero attached hydrogens (tertiary/aromatic N) is 1. The van der Waals surface area contributed by atoms with E-state index in [1.807, 2.05) is 18.2 Å². The summed E-state index contributed by atoms with van der Waals surface area (Å²) in [5, 5.41) is 0. The van der Waals surface area contributed by atoms with Crippen molar-refractivity contribution in [2.75, 3.05) is 5.73 Å². The molecule has 3 nitrogen and oxygen atoms in total. The summed E-state index contributed by atoms with van der Waals surface area (Å²) in [5.74, 6) is 0.406.